The number of aliphatic hydroxyl groups excluding tert-OH is 2. The average Bonchev–Trinajstić information content (AvgIpc) is 2.72. The Morgan fingerprint density at radius 1 is 1.24 bits per heavy atom. The second-order valence-corrected chi connectivity index (χ2v) is 6.38. The van der Waals surface area contributed by atoms with Crippen molar-refractivity contribution in [1.29, 1.82) is 0 Å². The molecule has 2 saturated carbocycles. The summed E-state index contributed by atoms with van der Waals surface area (Å²) in [6, 6.07) is 0.577. The Morgan fingerprint density at radius 3 is 2.57 bits per heavy atom. The summed E-state index contributed by atoms with van der Waals surface area (Å²) >= 11 is 0. The third-order valence-electron chi connectivity index (χ3n) is 4.67. The van der Waals surface area contributed by atoms with Gasteiger partial charge in [-0.05, 0) is 25.7 Å². The van der Waals surface area contributed by atoms with Crippen molar-refractivity contribution in [2.24, 2.45) is 5.41 Å². The molecule has 3 N–H and O–H groups in total. The van der Waals surface area contributed by atoms with Crippen LogP contribution in [-0.4, -0.2) is 51.6 Å². The van der Waals surface area contributed by atoms with Gasteiger partial charge in [-0.2, -0.15) is 0 Å². The zero-order valence-electron chi connectivity index (χ0n) is 12.1. The van der Waals surface area contributed by atoms with E-state index in [1.807, 2.05) is 0 Å². The highest BCUT2D eigenvalue weighted by Crippen LogP contribution is 2.39. The molecule has 2 fully saturated rings. The Bertz CT molecular complexity index is 443. The molecule has 0 radical (unpaired) electrons. The number of nitrogens with zero attached hydrogens (tertiary/aromatic N) is 2. The molecule has 6 heteroatoms. The zero-order valence-corrected chi connectivity index (χ0v) is 12.1. The molecule has 1 aromatic rings. The van der Waals surface area contributed by atoms with Crippen LogP contribution in [0.15, 0.2) is 18.6 Å². The number of hydrogen-bond acceptors (Lipinski definition) is 6. The normalized spacial score (nSPS) is 32.9. The van der Waals surface area contributed by atoms with E-state index in [0.717, 1.165) is 6.54 Å². The summed E-state index contributed by atoms with van der Waals surface area (Å²) in [4.78, 5) is 8.08. The lowest BCUT2D eigenvalue weighted by atomic mass is 9.85. The van der Waals surface area contributed by atoms with Crippen LogP contribution < -0.4 is 10.1 Å². The number of ether oxygens (including phenoxy) is 1. The molecule has 0 aliphatic heterocycles. The molecule has 0 amide bonds. The van der Waals surface area contributed by atoms with Crippen LogP contribution in [0.25, 0.3) is 0 Å². The zero-order chi connectivity index (χ0) is 14.7. The predicted molar refractivity (Wildman–Crippen MR) is 76.8 cm³/mol. The molecule has 0 saturated heterocycles. The van der Waals surface area contributed by atoms with E-state index in [1.54, 1.807) is 18.6 Å². The fraction of sp³-hybridized carbons (Fsp3) is 0.733. The average molecular weight is 293 g/mol. The largest absolute Gasteiger partial charge is 0.476 e. The fourth-order valence-corrected chi connectivity index (χ4v) is 3.12. The van der Waals surface area contributed by atoms with E-state index in [1.165, 1.54) is 19.3 Å². The van der Waals surface area contributed by atoms with Crippen molar-refractivity contribution < 1.29 is 14.9 Å². The van der Waals surface area contributed by atoms with Crippen LogP contribution in [0.5, 0.6) is 5.88 Å². The lowest BCUT2D eigenvalue weighted by molar-refractivity contribution is 0.0438. The molecule has 1 heterocycles. The van der Waals surface area contributed by atoms with Crippen LogP contribution in [0.2, 0.25) is 0 Å². The van der Waals surface area contributed by atoms with Gasteiger partial charge in [0.15, 0.2) is 0 Å². The van der Waals surface area contributed by atoms with Gasteiger partial charge in [-0.15, -0.1) is 0 Å². The number of aromatic nitrogens is 2. The number of rotatable bonds is 6. The van der Waals surface area contributed by atoms with Gasteiger partial charge in [0.1, 0.15) is 0 Å². The first kappa shape index (κ1) is 14.7. The molecule has 0 aromatic carbocycles. The molecular formula is C15H23N3O3. The van der Waals surface area contributed by atoms with E-state index in [-0.39, 0.29) is 5.41 Å². The summed E-state index contributed by atoms with van der Waals surface area (Å²) in [5.41, 5.74) is -0.244. The van der Waals surface area contributed by atoms with E-state index in [4.69, 9.17) is 4.74 Å². The maximum absolute atomic E-state index is 9.91. The highest BCUT2D eigenvalue weighted by atomic mass is 16.5. The monoisotopic (exact) mass is 293 g/mol. The first-order valence-electron chi connectivity index (χ1n) is 7.65. The van der Waals surface area contributed by atoms with Gasteiger partial charge in [0.25, 0.3) is 0 Å². The molecule has 116 valence electrons. The van der Waals surface area contributed by atoms with Crippen LogP contribution in [-0.2, 0) is 0 Å². The molecule has 6 nitrogen and oxygen atoms in total. The Morgan fingerprint density at radius 2 is 2.00 bits per heavy atom. The second kappa shape index (κ2) is 6.25. The smallest absolute Gasteiger partial charge is 0.232 e. The molecule has 0 bridgehead atoms. The maximum atomic E-state index is 9.91. The van der Waals surface area contributed by atoms with Crippen LogP contribution in [0, 0.1) is 5.41 Å². The summed E-state index contributed by atoms with van der Waals surface area (Å²) in [7, 11) is 0. The highest BCUT2D eigenvalue weighted by molar-refractivity contribution is 5.04. The first-order chi connectivity index (χ1) is 10.2. The molecule has 3 rings (SSSR count). The summed E-state index contributed by atoms with van der Waals surface area (Å²) in [5, 5.41) is 23.4. The van der Waals surface area contributed by atoms with Crippen molar-refractivity contribution in [3.05, 3.63) is 18.6 Å². The Balaban J connectivity index is 1.61. The third-order valence-corrected chi connectivity index (χ3v) is 4.67. The molecule has 1 unspecified atom stereocenters. The Kier molecular flexibility index (Phi) is 4.37. The van der Waals surface area contributed by atoms with Gasteiger partial charge in [0.05, 0.1) is 25.0 Å². The van der Waals surface area contributed by atoms with Gasteiger partial charge in [-0.1, -0.05) is 6.42 Å². The summed E-state index contributed by atoms with van der Waals surface area (Å²) in [5.74, 6) is 0.483. The molecule has 0 spiro atoms. The topological polar surface area (TPSA) is 87.5 Å². The van der Waals surface area contributed by atoms with Gasteiger partial charge < -0.3 is 20.3 Å². The highest BCUT2D eigenvalue weighted by Gasteiger charge is 2.45. The van der Waals surface area contributed by atoms with Crippen LogP contribution in [0.1, 0.15) is 32.1 Å². The SMILES string of the molecule is O[C@@H]1CC(CNC2CCC2)(COc2cnccn2)C[C@@H]1O. The second-order valence-electron chi connectivity index (χ2n) is 6.38. The molecule has 21 heavy (non-hydrogen) atoms. The molecule has 2 aliphatic rings. The molecule has 1 aromatic heterocycles. The van der Waals surface area contributed by atoms with Crippen molar-refractivity contribution in [3.8, 4) is 5.88 Å². The van der Waals surface area contributed by atoms with Crippen molar-refractivity contribution >= 4 is 0 Å². The van der Waals surface area contributed by atoms with Crippen molar-refractivity contribution in [3.63, 3.8) is 0 Å². The molecule has 3 atom stereocenters. The third kappa shape index (κ3) is 3.51. The number of nitrogens with one attached hydrogen (secondary N) is 1. The Hall–Kier alpha value is -1.24. The first-order valence-corrected chi connectivity index (χ1v) is 7.65. The van der Waals surface area contributed by atoms with E-state index in [9.17, 15) is 10.2 Å². The van der Waals surface area contributed by atoms with Gasteiger partial charge in [-0.25, -0.2) is 4.98 Å². The summed E-state index contributed by atoms with van der Waals surface area (Å²) in [6.45, 7) is 1.19. The minimum absolute atomic E-state index is 0.244. The van der Waals surface area contributed by atoms with Crippen molar-refractivity contribution in [2.45, 2.75) is 50.4 Å². The quantitative estimate of drug-likeness (QED) is 0.708. The van der Waals surface area contributed by atoms with E-state index in [2.05, 4.69) is 15.3 Å². The fourth-order valence-electron chi connectivity index (χ4n) is 3.12. The van der Waals surface area contributed by atoms with Gasteiger partial charge >= 0.3 is 0 Å². The van der Waals surface area contributed by atoms with Crippen molar-refractivity contribution in [2.75, 3.05) is 13.2 Å². The number of aliphatic hydroxyl groups is 2. The lowest BCUT2D eigenvalue weighted by Gasteiger charge is -2.34. The standard InChI is InChI=1S/C15H23N3O3/c19-12-6-15(7-13(12)20,9-18-11-2-1-3-11)10-21-14-8-16-4-5-17-14/h4-5,8,11-13,18-20H,1-3,6-7,9-10H2/t12-,13+,15?. The van der Waals surface area contributed by atoms with E-state index >= 15 is 0 Å². The lowest BCUT2D eigenvalue weighted by Crippen LogP contribution is -2.44. The Labute approximate surface area is 124 Å². The van der Waals surface area contributed by atoms with Crippen LogP contribution in [0.3, 0.4) is 0 Å². The van der Waals surface area contributed by atoms with E-state index < -0.39 is 12.2 Å². The number of hydrogen-bond donors (Lipinski definition) is 3. The minimum Gasteiger partial charge on any atom is -0.476 e. The van der Waals surface area contributed by atoms with Crippen molar-refractivity contribution in [1.82, 2.24) is 15.3 Å². The van der Waals surface area contributed by atoms with Gasteiger partial charge in [-0.3, -0.25) is 4.98 Å². The van der Waals surface area contributed by atoms with Crippen LogP contribution in [0.4, 0.5) is 0 Å². The predicted octanol–water partition coefficient (Wildman–Crippen LogP) is 0.499. The van der Waals surface area contributed by atoms with Gasteiger partial charge in [0.2, 0.25) is 5.88 Å². The van der Waals surface area contributed by atoms with E-state index in [0.29, 0.717) is 31.4 Å². The van der Waals surface area contributed by atoms with Crippen LogP contribution >= 0.6 is 0 Å². The maximum Gasteiger partial charge on any atom is 0.232 e. The summed E-state index contributed by atoms with van der Waals surface area (Å²) in [6.07, 6.45) is 8.25. The minimum atomic E-state index is -0.668. The van der Waals surface area contributed by atoms with Gasteiger partial charge in [0, 0.05) is 30.4 Å². The molecule has 2 aliphatic carbocycles. The molecular weight excluding hydrogens is 270 g/mol. The summed E-state index contributed by atoms with van der Waals surface area (Å²) < 4.78 is 5.74.